The van der Waals surface area contributed by atoms with Crippen molar-refractivity contribution in [1.82, 2.24) is 20.7 Å². The molecule has 0 bridgehead atoms. The third kappa shape index (κ3) is 5.96. The van der Waals surface area contributed by atoms with E-state index < -0.39 is 42.3 Å². The molecular formula is C23H29F2N5O3. The van der Waals surface area contributed by atoms with Crippen LogP contribution in [0.1, 0.15) is 56.9 Å². The zero-order valence-electron chi connectivity index (χ0n) is 18.5. The van der Waals surface area contributed by atoms with E-state index in [-0.39, 0.29) is 0 Å². The van der Waals surface area contributed by atoms with Crippen LogP contribution in [0.25, 0.3) is 0 Å². The van der Waals surface area contributed by atoms with Gasteiger partial charge < -0.3 is 15.5 Å². The molecule has 3 fully saturated rings. The van der Waals surface area contributed by atoms with Crippen LogP contribution in [0.4, 0.5) is 13.6 Å². The van der Waals surface area contributed by atoms with Gasteiger partial charge in [0.2, 0.25) is 5.91 Å². The Morgan fingerprint density at radius 1 is 1.24 bits per heavy atom. The van der Waals surface area contributed by atoms with E-state index in [0.717, 1.165) is 12.8 Å². The number of hydrogen-bond acceptors (Lipinski definition) is 6. The fourth-order valence-corrected chi connectivity index (χ4v) is 4.61. The Hall–Kier alpha value is -2.80. The summed E-state index contributed by atoms with van der Waals surface area (Å²) in [7, 11) is 0. The van der Waals surface area contributed by atoms with Gasteiger partial charge in [0.05, 0.1) is 6.07 Å². The van der Waals surface area contributed by atoms with Crippen LogP contribution >= 0.6 is 0 Å². The maximum Gasteiger partial charge on any atom is 0.426 e. The molecule has 8 nitrogen and oxygen atoms in total. The number of carbonyl (C=O) groups is 2. The zero-order valence-corrected chi connectivity index (χ0v) is 18.5. The number of nitrogens with zero attached hydrogens (tertiary/aromatic N) is 3. The minimum atomic E-state index is -3.29. The number of alkyl halides is 2. The first-order valence-electron chi connectivity index (χ1n) is 11.5. The number of nitriles is 1. The molecule has 1 aromatic rings. The van der Waals surface area contributed by atoms with E-state index in [1.54, 1.807) is 6.07 Å². The number of rotatable bonds is 8. The second kappa shape index (κ2) is 9.21. The lowest BCUT2D eigenvalue weighted by atomic mass is 9.63. The normalized spacial score (nSPS) is 21.8. The van der Waals surface area contributed by atoms with Crippen molar-refractivity contribution in [2.24, 2.45) is 5.41 Å². The minimum Gasteiger partial charge on any atom is -0.351 e. The second-order valence-electron chi connectivity index (χ2n) is 9.64. The highest BCUT2D eigenvalue weighted by Gasteiger charge is 2.47. The molecule has 2 aliphatic carbocycles. The summed E-state index contributed by atoms with van der Waals surface area (Å²) in [5, 5.41) is 15.6. The summed E-state index contributed by atoms with van der Waals surface area (Å²) in [6.45, 7) is 1.16. The topological polar surface area (TPSA) is 107 Å². The maximum atomic E-state index is 14.8. The summed E-state index contributed by atoms with van der Waals surface area (Å²) in [4.78, 5) is 34.4. The van der Waals surface area contributed by atoms with Gasteiger partial charge >= 0.3 is 6.09 Å². The highest BCUT2D eigenvalue weighted by Crippen LogP contribution is 2.48. The molecule has 0 unspecified atom stereocenters. The first kappa shape index (κ1) is 23.4. The Balaban J connectivity index is 1.37. The van der Waals surface area contributed by atoms with Crippen molar-refractivity contribution in [2.75, 3.05) is 13.1 Å². The van der Waals surface area contributed by atoms with Crippen molar-refractivity contribution in [3.8, 4) is 6.07 Å². The van der Waals surface area contributed by atoms with Crippen LogP contribution in [0.5, 0.6) is 0 Å². The highest BCUT2D eigenvalue weighted by molar-refractivity contribution is 5.86. The van der Waals surface area contributed by atoms with Crippen LogP contribution in [0.2, 0.25) is 0 Å². The molecule has 2 heterocycles. The number of piperidine rings is 1. The quantitative estimate of drug-likeness (QED) is 0.616. The van der Waals surface area contributed by atoms with E-state index in [0.29, 0.717) is 36.9 Å². The molecule has 0 aromatic carbocycles. The number of nitrogens with one attached hydrogen (secondary N) is 2. The van der Waals surface area contributed by atoms with Crippen LogP contribution in [0.15, 0.2) is 24.5 Å². The van der Waals surface area contributed by atoms with E-state index in [9.17, 15) is 23.6 Å². The average molecular weight is 462 g/mol. The van der Waals surface area contributed by atoms with Crippen LogP contribution in [0, 0.1) is 16.7 Å². The second-order valence-corrected chi connectivity index (χ2v) is 9.64. The summed E-state index contributed by atoms with van der Waals surface area (Å²) in [6, 6.07) is 3.54. The van der Waals surface area contributed by atoms with Crippen molar-refractivity contribution < 1.29 is 23.2 Å². The van der Waals surface area contributed by atoms with Gasteiger partial charge in [-0.1, -0.05) is 12.5 Å². The fourth-order valence-electron chi connectivity index (χ4n) is 4.61. The van der Waals surface area contributed by atoms with Crippen molar-refractivity contribution in [3.63, 3.8) is 0 Å². The molecule has 1 aliphatic heterocycles. The van der Waals surface area contributed by atoms with E-state index in [1.807, 2.05) is 6.07 Å². The van der Waals surface area contributed by atoms with E-state index >= 15 is 0 Å². The van der Waals surface area contributed by atoms with Crippen LogP contribution < -0.4 is 10.6 Å². The molecule has 1 spiro atoms. The van der Waals surface area contributed by atoms with Gasteiger partial charge in [0.25, 0.3) is 5.92 Å². The number of pyridine rings is 1. The molecule has 1 aromatic heterocycles. The van der Waals surface area contributed by atoms with Gasteiger partial charge in [0, 0.05) is 38.3 Å². The number of hydroxylamine groups is 2. The Kier molecular flexibility index (Phi) is 6.52. The van der Waals surface area contributed by atoms with Crippen LogP contribution in [-0.4, -0.2) is 52.6 Å². The molecule has 178 valence electrons. The number of aromatic nitrogens is 1. The summed E-state index contributed by atoms with van der Waals surface area (Å²) in [6.07, 6.45) is 6.72. The van der Waals surface area contributed by atoms with Crippen LogP contribution in [-0.2, 0) is 16.1 Å². The molecule has 2 N–H and O–H groups in total. The number of halogens is 2. The monoisotopic (exact) mass is 461 g/mol. The van der Waals surface area contributed by atoms with Gasteiger partial charge in [-0.05, 0) is 55.6 Å². The average Bonchev–Trinajstić information content (AvgIpc) is 3.53. The van der Waals surface area contributed by atoms with Gasteiger partial charge in [-0.25, -0.2) is 13.6 Å². The molecule has 1 atom stereocenters. The number of hydrogen-bond donors (Lipinski definition) is 2. The largest absolute Gasteiger partial charge is 0.426 e. The van der Waals surface area contributed by atoms with E-state index in [2.05, 4.69) is 15.6 Å². The summed E-state index contributed by atoms with van der Waals surface area (Å²) < 4.78 is 29.6. The summed E-state index contributed by atoms with van der Waals surface area (Å²) >= 11 is 0. The number of amides is 2. The van der Waals surface area contributed by atoms with Crippen molar-refractivity contribution in [2.45, 2.75) is 75.3 Å². The Morgan fingerprint density at radius 3 is 2.52 bits per heavy atom. The van der Waals surface area contributed by atoms with Gasteiger partial charge in [0.1, 0.15) is 11.6 Å². The Labute approximate surface area is 191 Å². The van der Waals surface area contributed by atoms with Gasteiger partial charge in [-0.2, -0.15) is 5.26 Å². The molecule has 10 heteroatoms. The lowest BCUT2D eigenvalue weighted by molar-refractivity contribution is -0.144. The first-order valence-corrected chi connectivity index (χ1v) is 11.5. The predicted molar refractivity (Wildman–Crippen MR) is 114 cm³/mol. The molecule has 33 heavy (non-hydrogen) atoms. The van der Waals surface area contributed by atoms with Crippen molar-refractivity contribution >= 4 is 12.0 Å². The molecule has 3 aliphatic rings. The SMILES string of the molecule is N#CC1(NC(=O)[C@H](CC(F)(F)Cc2cccnc2)NC(=O)ON2CCC3(CCC3)CC2)CC1. The van der Waals surface area contributed by atoms with E-state index in [4.69, 9.17) is 4.84 Å². The first-order chi connectivity index (χ1) is 15.7. The van der Waals surface area contributed by atoms with Gasteiger partial charge in [-0.3, -0.25) is 9.78 Å². The van der Waals surface area contributed by atoms with Crippen LogP contribution in [0.3, 0.4) is 0 Å². The molecule has 2 saturated carbocycles. The third-order valence-electron chi connectivity index (χ3n) is 7.03. The molecule has 4 rings (SSSR count). The zero-order chi connectivity index (χ0) is 23.5. The van der Waals surface area contributed by atoms with Gasteiger partial charge in [-0.15, -0.1) is 5.06 Å². The fraction of sp³-hybridized carbons (Fsp3) is 0.652. The van der Waals surface area contributed by atoms with E-state index in [1.165, 1.54) is 42.8 Å². The standard InChI is InChI=1S/C23H29F2N5O3/c24-23(25,13-17-3-1-10-27-15-17)14-18(19(31)29-22(16-26)6-7-22)28-20(32)33-30-11-8-21(9-12-30)4-2-5-21/h1,3,10,15,18H,2,4-9,11-14H2,(H,28,32)(H,29,31)/t18-/m0/s1. The third-order valence-corrected chi connectivity index (χ3v) is 7.03. The minimum absolute atomic E-state index is 0.318. The summed E-state index contributed by atoms with van der Waals surface area (Å²) in [5.41, 5.74) is -0.356. The smallest absolute Gasteiger partial charge is 0.351 e. The lowest BCUT2D eigenvalue weighted by Crippen LogP contribution is -2.54. The van der Waals surface area contributed by atoms with Crippen molar-refractivity contribution in [1.29, 1.82) is 5.26 Å². The highest BCUT2D eigenvalue weighted by atomic mass is 19.3. The number of carbonyl (C=O) groups excluding carboxylic acids is 2. The maximum absolute atomic E-state index is 14.8. The summed E-state index contributed by atoms with van der Waals surface area (Å²) in [5.74, 6) is -4.10. The molecule has 1 saturated heterocycles. The lowest BCUT2D eigenvalue weighted by Gasteiger charge is -2.47. The molecule has 0 radical (unpaired) electrons. The van der Waals surface area contributed by atoms with Gasteiger partial charge in [0.15, 0.2) is 0 Å². The Morgan fingerprint density at radius 2 is 1.97 bits per heavy atom. The molecule has 2 amide bonds. The Bertz CT molecular complexity index is 902. The predicted octanol–water partition coefficient (Wildman–Crippen LogP) is 3.10. The molecular weight excluding hydrogens is 432 g/mol. The van der Waals surface area contributed by atoms with Crippen molar-refractivity contribution in [3.05, 3.63) is 30.1 Å².